The van der Waals surface area contributed by atoms with Gasteiger partial charge in [0.2, 0.25) is 11.1 Å². The van der Waals surface area contributed by atoms with E-state index in [-0.39, 0.29) is 17.2 Å². The molecule has 0 amide bonds. The number of Topliss-reactive ketones (excluding diaryl/α,β-unsaturated/α-hetero) is 1. The molecule has 29 heavy (non-hydrogen) atoms. The lowest BCUT2D eigenvalue weighted by molar-refractivity contribution is -0.118. The summed E-state index contributed by atoms with van der Waals surface area (Å²) in [7, 11) is 0. The van der Waals surface area contributed by atoms with E-state index < -0.39 is 0 Å². The lowest BCUT2D eigenvalue weighted by Crippen LogP contribution is -2.36. The fourth-order valence-corrected chi connectivity index (χ4v) is 5.40. The summed E-state index contributed by atoms with van der Waals surface area (Å²) in [5, 5.41) is 9.02. The largest absolute Gasteiger partial charge is 0.328 e. The van der Waals surface area contributed by atoms with Gasteiger partial charge in [-0.15, -0.1) is 5.10 Å². The second-order valence-electron chi connectivity index (χ2n) is 8.63. The van der Waals surface area contributed by atoms with Crippen LogP contribution in [0.1, 0.15) is 64.5 Å². The summed E-state index contributed by atoms with van der Waals surface area (Å²) in [6, 6.07) is 7.92. The van der Waals surface area contributed by atoms with Crippen molar-refractivity contribution in [2.45, 2.75) is 64.1 Å². The van der Waals surface area contributed by atoms with Gasteiger partial charge >= 0.3 is 0 Å². The first-order valence-corrected chi connectivity index (χ1v) is 12.0. The van der Waals surface area contributed by atoms with E-state index in [4.69, 9.17) is 10.1 Å². The van der Waals surface area contributed by atoms with Gasteiger partial charge in [0.25, 0.3) is 0 Å². The highest BCUT2D eigenvalue weighted by molar-refractivity contribution is 9.10. The number of halogens is 1. The number of rotatable bonds is 6. The summed E-state index contributed by atoms with van der Waals surface area (Å²) in [6.07, 6.45) is 4.98. The van der Waals surface area contributed by atoms with Crippen LogP contribution in [0.25, 0.3) is 0 Å². The number of carbonyl (C=O) groups excluding carboxylic acids is 1. The predicted octanol–water partition coefficient (Wildman–Crippen LogP) is 5.98. The third kappa shape index (κ3) is 4.31. The van der Waals surface area contributed by atoms with Crippen LogP contribution in [0.15, 0.2) is 45.2 Å². The van der Waals surface area contributed by atoms with E-state index >= 15 is 0 Å². The molecule has 4 rings (SSSR count). The number of ketones is 1. The van der Waals surface area contributed by atoms with Gasteiger partial charge in [-0.25, -0.2) is 4.68 Å². The van der Waals surface area contributed by atoms with E-state index in [9.17, 15) is 4.79 Å². The van der Waals surface area contributed by atoms with Crippen molar-refractivity contribution in [3.63, 3.8) is 0 Å². The van der Waals surface area contributed by atoms with Gasteiger partial charge in [-0.2, -0.15) is 4.98 Å². The molecule has 0 bridgehead atoms. The first-order chi connectivity index (χ1) is 13.9. The minimum atomic E-state index is -0.236. The van der Waals surface area contributed by atoms with Crippen LogP contribution in [-0.4, -0.2) is 26.3 Å². The number of anilines is 1. The Morgan fingerprint density at radius 2 is 2.14 bits per heavy atom. The first-order valence-electron chi connectivity index (χ1n) is 10.3. The van der Waals surface area contributed by atoms with Crippen molar-refractivity contribution < 1.29 is 4.79 Å². The van der Waals surface area contributed by atoms with Gasteiger partial charge in [-0.1, -0.05) is 73.4 Å². The van der Waals surface area contributed by atoms with Crippen molar-refractivity contribution in [2.75, 3.05) is 11.1 Å². The fourth-order valence-electron chi connectivity index (χ4n) is 4.15. The van der Waals surface area contributed by atoms with Gasteiger partial charge in [0, 0.05) is 27.9 Å². The molecule has 5 nitrogen and oxygen atoms in total. The Kier molecular flexibility index (Phi) is 5.89. The van der Waals surface area contributed by atoms with Crippen LogP contribution in [-0.2, 0) is 4.79 Å². The fraction of sp³-hybridized carbons (Fsp3) is 0.500. The smallest absolute Gasteiger partial charge is 0.227 e. The molecule has 1 aliphatic heterocycles. The Balaban J connectivity index is 1.74. The monoisotopic (exact) mass is 474 g/mol. The number of aromatic nitrogens is 3. The highest BCUT2D eigenvalue weighted by Gasteiger charge is 2.41. The highest BCUT2D eigenvalue weighted by Crippen LogP contribution is 2.45. The molecule has 1 aromatic heterocycles. The maximum Gasteiger partial charge on any atom is 0.227 e. The molecule has 0 spiro atoms. The number of nitrogens with zero attached hydrogens (tertiary/aromatic N) is 3. The average Bonchev–Trinajstić information content (AvgIpc) is 3.05. The molecule has 0 unspecified atom stereocenters. The summed E-state index contributed by atoms with van der Waals surface area (Å²) in [5.74, 6) is 1.95. The van der Waals surface area contributed by atoms with Crippen LogP contribution in [0.4, 0.5) is 5.95 Å². The minimum Gasteiger partial charge on any atom is -0.328 e. The lowest BCUT2D eigenvalue weighted by atomic mass is 9.73. The molecule has 1 N–H and O–H groups in total. The molecule has 0 radical (unpaired) electrons. The van der Waals surface area contributed by atoms with E-state index in [0.717, 1.165) is 51.0 Å². The average molecular weight is 475 g/mol. The maximum atomic E-state index is 13.2. The Hall–Kier alpha value is -1.60. The molecule has 154 valence electrons. The zero-order chi connectivity index (χ0) is 20.6. The van der Waals surface area contributed by atoms with E-state index in [0.29, 0.717) is 6.42 Å². The normalized spacial score (nSPS) is 20.3. The summed E-state index contributed by atoms with van der Waals surface area (Å²) >= 11 is 5.27. The first kappa shape index (κ1) is 20.7. The van der Waals surface area contributed by atoms with Crippen molar-refractivity contribution in [2.24, 2.45) is 5.41 Å². The number of fused-ring (bicyclic) bond motifs is 1. The van der Waals surface area contributed by atoms with Gasteiger partial charge in [-0.05, 0) is 36.0 Å². The number of hydrogen-bond acceptors (Lipinski definition) is 5. The molecular formula is C22H27BrN4OS. The molecule has 1 aromatic carbocycles. The predicted molar refractivity (Wildman–Crippen MR) is 121 cm³/mol. The maximum absolute atomic E-state index is 13.2. The zero-order valence-corrected chi connectivity index (χ0v) is 19.6. The Bertz CT molecular complexity index is 965. The molecule has 0 saturated heterocycles. The third-order valence-corrected chi connectivity index (χ3v) is 6.87. The molecule has 2 aromatic rings. The Labute approximate surface area is 184 Å². The number of nitrogens with one attached hydrogen (secondary N) is 1. The highest BCUT2D eigenvalue weighted by atomic mass is 79.9. The second kappa shape index (κ2) is 8.26. The number of benzene rings is 1. The number of thioether (sulfide) groups is 1. The molecule has 0 fully saturated rings. The molecule has 1 aliphatic carbocycles. The number of unbranched alkanes of at least 4 members (excludes halogenated alkanes) is 2. The molecule has 0 saturated carbocycles. The quantitative estimate of drug-likeness (QED) is 0.411. The summed E-state index contributed by atoms with van der Waals surface area (Å²) in [4.78, 5) is 18.0. The molecule has 2 aliphatic rings. The zero-order valence-electron chi connectivity index (χ0n) is 17.2. The minimum absolute atomic E-state index is 0.0509. The standard InChI is InChI=1S/C22H27BrN4OS/c1-4-5-6-10-29-21-25-20-24-16-12-22(2,3)13-17(28)18(16)19(27(20)26-21)14-8-7-9-15(23)11-14/h7-9,11,19H,4-6,10,12-13H2,1-3H3,(H,24,25,26)/t19-/m1/s1. The third-order valence-electron chi connectivity index (χ3n) is 5.46. The van der Waals surface area contributed by atoms with Crippen LogP contribution >= 0.6 is 27.7 Å². The van der Waals surface area contributed by atoms with E-state index in [1.54, 1.807) is 11.8 Å². The summed E-state index contributed by atoms with van der Waals surface area (Å²) < 4.78 is 2.90. The Morgan fingerprint density at radius 3 is 2.90 bits per heavy atom. The summed E-state index contributed by atoms with van der Waals surface area (Å²) in [5.41, 5.74) is 2.83. The van der Waals surface area contributed by atoms with Gasteiger partial charge < -0.3 is 5.32 Å². The van der Waals surface area contributed by atoms with Gasteiger partial charge in [0.1, 0.15) is 6.04 Å². The van der Waals surface area contributed by atoms with Crippen molar-refractivity contribution in [1.29, 1.82) is 0 Å². The van der Waals surface area contributed by atoms with Crippen LogP contribution in [0.5, 0.6) is 0 Å². The number of hydrogen-bond donors (Lipinski definition) is 1. The molecule has 1 atom stereocenters. The topological polar surface area (TPSA) is 59.8 Å². The van der Waals surface area contributed by atoms with Crippen molar-refractivity contribution in [3.05, 3.63) is 45.6 Å². The van der Waals surface area contributed by atoms with Crippen molar-refractivity contribution >= 4 is 39.4 Å². The van der Waals surface area contributed by atoms with E-state index in [1.807, 2.05) is 16.8 Å². The van der Waals surface area contributed by atoms with Crippen LogP contribution in [0.3, 0.4) is 0 Å². The van der Waals surface area contributed by atoms with Crippen molar-refractivity contribution in [3.8, 4) is 0 Å². The van der Waals surface area contributed by atoms with Crippen molar-refractivity contribution in [1.82, 2.24) is 14.8 Å². The van der Waals surface area contributed by atoms with Crippen LogP contribution < -0.4 is 5.32 Å². The van der Waals surface area contributed by atoms with Gasteiger partial charge in [-0.3, -0.25) is 4.79 Å². The SMILES string of the molecule is CCCCCSc1nc2n(n1)[C@H](c1cccc(Br)c1)C1=C(CC(C)(C)CC1=O)N2. The molecule has 2 heterocycles. The molecule has 7 heteroatoms. The van der Waals surface area contributed by atoms with E-state index in [2.05, 4.69) is 54.2 Å². The van der Waals surface area contributed by atoms with E-state index in [1.165, 1.54) is 12.8 Å². The molecular weight excluding hydrogens is 448 g/mol. The second-order valence-corrected chi connectivity index (χ2v) is 10.6. The summed E-state index contributed by atoms with van der Waals surface area (Å²) in [6.45, 7) is 6.51. The lowest BCUT2D eigenvalue weighted by Gasteiger charge is -2.38. The van der Waals surface area contributed by atoms with Crippen LogP contribution in [0, 0.1) is 5.41 Å². The van der Waals surface area contributed by atoms with Crippen LogP contribution in [0.2, 0.25) is 0 Å². The van der Waals surface area contributed by atoms with Gasteiger partial charge in [0.05, 0.1) is 0 Å². The van der Waals surface area contributed by atoms with Gasteiger partial charge in [0.15, 0.2) is 5.78 Å². The number of carbonyl (C=O) groups is 1. The number of allylic oxidation sites excluding steroid dienone is 2. The Morgan fingerprint density at radius 1 is 1.31 bits per heavy atom.